The summed E-state index contributed by atoms with van der Waals surface area (Å²) in [6, 6.07) is 8.75. The zero-order chi connectivity index (χ0) is 20.5. The number of pyridine rings is 2. The van der Waals surface area contributed by atoms with Crippen molar-refractivity contribution in [3.8, 4) is 5.82 Å². The summed E-state index contributed by atoms with van der Waals surface area (Å²) < 4.78 is 6.28. The Hall–Kier alpha value is -3.95. The third kappa shape index (κ3) is 3.36. The van der Waals surface area contributed by atoms with Crippen molar-refractivity contribution in [1.82, 2.24) is 19.7 Å². The topological polar surface area (TPSA) is 102 Å². The zero-order valence-corrected chi connectivity index (χ0v) is 15.9. The molecule has 0 spiro atoms. The molecule has 0 fully saturated rings. The molecule has 3 aromatic heterocycles. The normalized spacial score (nSPS) is 12.2. The van der Waals surface area contributed by atoms with Crippen molar-refractivity contribution in [2.75, 3.05) is 23.9 Å². The monoisotopic (exact) mass is 388 g/mol. The molecule has 4 rings (SSSR count). The van der Waals surface area contributed by atoms with Crippen LogP contribution >= 0.6 is 0 Å². The molecule has 29 heavy (non-hydrogen) atoms. The molecular formula is C19H17BN6O3. The second-order valence-corrected chi connectivity index (χ2v) is 6.47. The average Bonchev–Trinajstić information content (AvgIpc) is 3.18. The number of ether oxygens (including phenoxy) is 1. The molecule has 0 unspecified atom stereocenters. The Morgan fingerprint density at radius 1 is 1.28 bits per heavy atom. The van der Waals surface area contributed by atoms with Gasteiger partial charge in [0.15, 0.2) is 11.5 Å². The van der Waals surface area contributed by atoms with E-state index in [0.717, 1.165) is 5.46 Å². The number of nitrogens with zero attached hydrogens (tertiary/aromatic N) is 5. The van der Waals surface area contributed by atoms with E-state index in [9.17, 15) is 9.59 Å². The lowest BCUT2D eigenvalue weighted by molar-refractivity contribution is -0.114. The molecule has 0 saturated heterocycles. The first-order chi connectivity index (χ1) is 14.0. The summed E-state index contributed by atoms with van der Waals surface area (Å²) >= 11 is 0. The predicted octanol–water partition coefficient (Wildman–Crippen LogP) is 0.137. The van der Waals surface area contributed by atoms with Gasteiger partial charge in [0.05, 0.1) is 7.11 Å². The zero-order valence-electron chi connectivity index (χ0n) is 15.9. The molecule has 144 valence electrons. The van der Waals surface area contributed by atoms with Crippen molar-refractivity contribution in [2.45, 2.75) is 0 Å². The molecule has 0 bridgehead atoms. The van der Waals surface area contributed by atoms with E-state index in [4.69, 9.17) is 4.74 Å². The summed E-state index contributed by atoms with van der Waals surface area (Å²) in [4.78, 5) is 34.8. The first-order valence-electron chi connectivity index (χ1n) is 8.81. The SMILES string of the molecule is Bc1ccc(NC(=O)CN2C(=C)c3cccnc3-n3nc(C(=O)OC)cc32)nc1. The summed E-state index contributed by atoms with van der Waals surface area (Å²) in [5.74, 6) is 0.604. The van der Waals surface area contributed by atoms with E-state index in [1.807, 2.05) is 20.0 Å². The number of methoxy groups -OCH3 is 1. The number of esters is 1. The van der Waals surface area contributed by atoms with Crippen molar-refractivity contribution in [3.05, 3.63) is 60.6 Å². The molecule has 0 atom stereocenters. The molecule has 9 nitrogen and oxygen atoms in total. The second-order valence-electron chi connectivity index (χ2n) is 6.47. The molecular weight excluding hydrogens is 371 g/mol. The molecule has 0 radical (unpaired) electrons. The van der Waals surface area contributed by atoms with Gasteiger partial charge in [-0.2, -0.15) is 9.78 Å². The molecule has 1 N–H and O–H groups in total. The molecule has 10 heteroatoms. The van der Waals surface area contributed by atoms with E-state index >= 15 is 0 Å². The summed E-state index contributed by atoms with van der Waals surface area (Å²) in [5, 5.41) is 7.06. The van der Waals surface area contributed by atoms with Crippen LogP contribution in [-0.2, 0) is 9.53 Å². The van der Waals surface area contributed by atoms with Gasteiger partial charge < -0.3 is 15.0 Å². The van der Waals surface area contributed by atoms with E-state index in [2.05, 4.69) is 27.0 Å². The van der Waals surface area contributed by atoms with E-state index in [-0.39, 0.29) is 18.1 Å². The van der Waals surface area contributed by atoms with Gasteiger partial charge in [0.2, 0.25) is 5.91 Å². The number of carbonyl (C=O) groups is 2. The van der Waals surface area contributed by atoms with Crippen molar-refractivity contribution in [3.63, 3.8) is 0 Å². The molecule has 1 amide bonds. The minimum absolute atomic E-state index is 0.0466. The van der Waals surface area contributed by atoms with Crippen LogP contribution in [0.25, 0.3) is 11.5 Å². The Morgan fingerprint density at radius 2 is 2.10 bits per heavy atom. The maximum Gasteiger partial charge on any atom is 0.358 e. The van der Waals surface area contributed by atoms with E-state index < -0.39 is 5.97 Å². The highest BCUT2D eigenvalue weighted by Crippen LogP contribution is 2.35. The summed E-state index contributed by atoms with van der Waals surface area (Å²) in [6.45, 7) is 4.07. The molecule has 0 saturated carbocycles. The Kier molecular flexibility index (Phi) is 4.59. The van der Waals surface area contributed by atoms with Gasteiger partial charge in [-0.15, -0.1) is 0 Å². The number of anilines is 2. The average molecular weight is 388 g/mol. The maximum atomic E-state index is 12.7. The highest BCUT2D eigenvalue weighted by molar-refractivity contribution is 6.32. The van der Waals surface area contributed by atoms with Crippen LogP contribution in [0.4, 0.5) is 11.6 Å². The largest absolute Gasteiger partial charge is 0.464 e. The Balaban J connectivity index is 1.67. The Bertz CT molecular complexity index is 1130. The van der Waals surface area contributed by atoms with Crippen LogP contribution in [-0.4, -0.2) is 53.1 Å². The van der Waals surface area contributed by atoms with E-state index in [1.54, 1.807) is 35.5 Å². The van der Waals surface area contributed by atoms with Gasteiger partial charge in [-0.3, -0.25) is 4.79 Å². The number of hydrogen-bond acceptors (Lipinski definition) is 7. The third-order valence-electron chi connectivity index (χ3n) is 4.47. The fourth-order valence-corrected chi connectivity index (χ4v) is 3.04. The first kappa shape index (κ1) is 18.4. The van der Waals surface area contributed by atoms with E-state index in [0.29, 0.717) is 28.7 Å². The van der Waals surface area contributed by atoms with Crippen LogP contribution in [0, 0.1) is 0 Å². The molecule has 1 aliphatic heterocycles. The highest BCUT2D eigenvalue weighted by Gasteiger charge is 2.31. The van der Waals surface area contributed by atoms with Crippen LogP contribution in [0.2, 0.25) is 0 Å². The molecule has 0 aliphatic carbocycles. The van der Waals surface area contributed by atoms with Crippen molar-refractivity contribution < 1.29 is 14.3 Å². The van der Waals surface area contributed by atoms with Crippen molar-refractivity contribution >= 4 is 42.5 Å². The maximum absolute atomic E-state index is 12.7. The number of hydrogen-bond donors (Lipinski definition) is 1. The lowest BCUT2D eigenvalue weighted by atomic mass is 9.99. The molecule has 1 aliphatic rings. The first-order valence-corrected chi connectivity index (χ1v) is 8.81. The number of rotatable bonds is 4. The number of fused-ring (bicyclic) bond motifs is 3. The molecule has 0 aromatic carbocycles. The quantitative estimate of drug-likeness (QED) is 0.501. The highest BCUT2D eigenvalue weighted by atomic mass is 16.5. The van der Waals surface area contributed by atoms with E-state index in [1.165, 1.54) is 11.8 Å². The van der Waals surface area contributed by atoms with Crippen LogP contribution < -0.4 is 15.7 Å². The standard InChI is InChI=1S/C19H17BN6O3/c1-11-13-4-3-7-21-18(13)26-17(8-14(24-26)19(28)29-2)25(11)10-16(27)23-15-6-5-12(20)9-22-15/h3-9H,1,10,20H2,2H3,(H,22,23,27). The number of aromatic nitrogens is 4. The van der Waals surface area contributed by atoms with Gasteiger partial charge in [0.25, 0.3) is 0 Å². The van der Waals surface area contributed by atoms with Crippen LogP contribution in [0.1, 0.15) is 16.1 Å². The molecule has 3 aromatic rings. The van der Waals surface area contributed by atoms with Gasteiger partial charge in [-0.1, -0.05) is 18.1 Å². The third-order valence-corrected chi connectivity index (χ3v) is 4.47. The number of nitrogens with one attached hydrogen (secondary N) is 1. The Morgan fingerprint density at radius 3 is 2.83 bits per heavy atom. The fraction of sp³-hybridized carbons (Fsp3) is 0.105. The predicted molar refractivity (Wildman–Crippen MR) is 110 cm³/mol. The summed E-state index contributed by atoms with van der Waals surface area (Å²) in [6.07, 6.45) is 3.30. The van der Waals surface area contributed by atoms with Gasteiger partial charge in [-0.05, 0) is 18.2 Å². The summed E-state index contributed by atoms with van der Waals surface area (Å²) in [7, 11) is 3.20. The fourth-order valence-electron chi connectivity index (χ4n) is 3.04. The van der Waals surface area contributed by atoms with Crippen LogP contribution in [0.15, 0.2) is 49.3 Å². The van der Waals surface area contributed by atoms with Crippen LogP contribution in [0.5, 0.6) is 0 Å². The van der Waals surface area contributed by atoms with Crippen LogP contribution in [0.3, 0.4) is 0 Å². The Labute approximate surface area is 167 Å². The van der Waals surface area contributed by atoms with Crippen molar-refractivity contribution in [1.29, 1.82) is 0 Å². The second kappa shape index (κ2) is 7.23. The molecule has 4 heterocycles. The number of amides is 1. The van der Waals surface area contributed by atoms with Gasteiger partial charge in [0.1, 0.15) is 26.0 Å². The minimum atomic E-state index is -0.580. The smallest absolute Gasteiger partial charge is 0.358 e. The van der Waals surface area contributed by atoms with Gasteiger partial charge >= 0.3 is 5.97 Å². The summed E-state index contributed by atoms with van der Waals surface area (Å²) in [5.41, 5.74) is 2.39. The lowest BCUT2D eigenvalue weighted by Crippen LogP contribution is -2.36. The lowest BCUT2D eigenvalue weighted by Gasteiger charge is -2.31. The minimum Gasteiger partial charge on any atom is -0.464 e. The number of carbonyl (C=O) groups excluding carboxylic acids is 2. The van der Waals surface area contributed by atoms with Crippen molar-refractivity contribution in [2.24, 2.45) is 0 Å². The van der Waals surface area contributed by atoms with Gasteiger partial charge in [0, 0.05) is 29.7 Å². The van der Waals surface area contributed by atoms with Gasteiger partial charge in [-0.25, -0.2) is 14.8 Å².